The van der Waals surface area contributed by atoms with Crippen LogP contribution in [-0.2, 0) is 10.0 Å². The summed E-state index contributed by atoms with van der Waals surface area (Å²) in [6.45, 7) is 8.42. The Balaban J connectivity index is 2.26. The number of piperidine rings is 1. The van der Waals surface area contributed by atoms with Crippen molar-refractivity contribution in [2.45, 2.75) is 38.5 Å². The summed E-state index contributed by atoms with van der Waals surface area (Å²) in [6.07, 6.45) is 1.81. The average molecular weight is 413 g/mol. The molecule has 0 spiro atoms. The fourth-order valence-electron chi connectivity index (χ4n) is 3.73. The van der Waals surface area contributed by atoms with Gasteiger partial charge < -0.3 is 10.2 Å². The molecule has 1 N–H and O–H groups in total. The predicted octanol–water partition coefficient (Wildman–Crippen LogP) is 3.02. The Hall–Kier alpha value is -1.71. The van der Waals surface area contributed by atoms with Crippen LogP contribution in [0, 0.1) is 21.4 Å². The van der Waals surface area contributed by atoms with Crippen LogP contribution in [0.25, 0.3) is 0 Å². The van der Waals surface area contributed by atoms with E-state index in [0.717, 1.165) is 19.4 Å². The van der Waals surface area contributed by atoms with Gasteiger partial charge in [-0.25, -0.2) is 8.42 Å². The molecule has 1 aromatic rings. The van der Waals surface area contributed by atoms with Gasteiger partial charge in [0.25, 0.3) is 5.69 Å². The Morgan fingerprint density at radius 1 is 1.36 bits per heavy atom. The second kappa shape index (κ2) is 8.75. The number of nitrogens with one attached hydrogen (secondary N) is 1. The normalized spacial score (nSPS) is 19.0. The maximum Gasteiger partial charge on any atom is 0.293 e. The molecule has 0 amide bonds. The number of hydrogen-bond acceptors (Lipinski definition) is 6. The zero-order chi connectivity index (χ0) is 21.1. The van der Waals surface area contributed by atoms with Gasteiger partial charge in [-0.2, -0.15) is 4.31 Å². The molecule has 0 saturated carbocycles. The number of nitrogens with zero attached hydrogens (tertiary/aromatic N) is 3. The van der Waals surface area contributed by atoms with Gasteiger partial charge in [0.15, 0.2) is 0 Å². The van der Waals surface area contributed by atoms with Crippen molar-refractivity contribution in [3.05, 3.63) is 28.3 Å². The van der Waals surface area contributed by atoms with Crippen LogP contribution in [0.5, 0.6) is 0 Å². The van der Waals surface area contributed by atoms with E-state index >= 15 is 0 Å². The van der Waals surface area contributed by atoms with Gasteiger partial charge in [-0.1, -0.05) is 20.8 Å². The molecule has 1 aliphatic rings. The van der Waals surface area contributed by atoms with Gasteiger partial charge in [-0.3, -0.25) is 10.1 Å². The van der Waals surface area contributed by atoms with Crippen LogP contribution in [-0.4, -0.2) is 62.8 Å². The molecule has 1 fully saturated rings. The SMILES string of the molecule is C[C@H]1CCCN(S(=O)(=O)c2ccc(NCC(C)(C)CN(C)C)c([N+](=O)[O-])c2)C1. The molecule has 1 saturated heterocycles. The third kappa shape index (κ3) is 5.65. The van der Waals surface area contributed by atoms with E-state index in [2.05, 4.69) is 24.1 Å². The summed E-state index contributed by atoms with van der Waals surface area (Å²) in [5, 5.41) is 14.7. The third-order valence-electron chi connectivity index (χ3n) is 4.93. The Morgan fingerprint density at radius 2 is 2.04 bits per heavy atom. The zero-order valence-electron chi connectivity index (χ0n) is 17.4. The molecule has 0 aromatic heterocycles. The maximum absolute atomic E-state index is 12.9. The van der Waals surface area contributed by atoms with Crippen molar-refractivity contribution in [3.63, 3.8) is 0 Å². The smallest absolute Gasteiger partial charge is 0.293 e. The summed E-state index contributed by atoms with van der Waals surface area (Å²) in [4.78, 5) is 13.1. The van der Waals surface area contributed by atoms with Crippen molar-refractivity contribution < 1.29 is 13.3 Å². The molecule has 1 atom stereocenters. The summed E-state index contributed by atoms with van der Waals surface area (Å²) in [6, 6.07) is 4.14. The van der Waals surface area contributed by atoms with Gasteiger partial charge in [0, 0.05) is 32.2 Å². The number of nitro benzene ring substituents is 1. The molecule has 28 heavy (non-hydrogen) atoms. The number of rotatable bonds is 8. The van der Waals surface area contributed by atoms with E-state index in [1.54, 1.807) is 0 Å². The summed E-state index contributed by atoms with van der Waals surface area (Å²) < 4.78 is 27.3. The first-order valence-corrected chi connectivity index (χ1v) is 11.0. The monoisotopic (exact) mass is 412 g/mol. The number of nitro groups is 1. The highest BCUT2D eigenvalue weighted by Crippen LogP contribution is 2.31. The van der Waals surface area contributed by atoms with E-state index in [0.29, 0.717) is 31.2 Å². The van der Waals surface area contributed by atoms with Crippen LogP contribution >= 0.6 is 0 Å². The highest BCUT2D eigenvalue weighted by atomic mass is 32.2. The quantitative estimate of drug-likeness (QED) is 0.521. The minimum atomic E-state index is -3.73. The van der Waals surface area contributed by atoms with Crippen LogP contribution in [0.3, 0.4) is 0 Å². The lowest BCUT2D eigenvalue weighted by atomic mass is 9.93. The Bertz CT molecular complexity index is 808. The van der Waals surface area contributed by atoms with Crippen molar-refractivity contribution in [2.24, 2.45) is 11.3 Å². The second-order valence-electron chi connectivity index (χ2n) is 8.80. The molecule has 0 radical (unpaired) electrons. The molecule has 0 bridgehead atoms. The molecule has 9 heteroatoms. The lowest BCUT2D eigenvalue weighted by molar-refractivity contribution is -0.384. The summed E-state index contributed by atoms with van der Waals surface area (Å²) in [5.41, 5.74) is 0.0149. The highest BCUT2D eigenvalue weighted by Gasteiger charge is 2.31. The fraction of sp³-hybridized carbons (Fsp3) is 0.684. The molecule has 1 aromatic carbocycles. The molecule has 2 rings (SSSR count). The Kier molecular flexibility index (Phi) is 7.06. The van der Waals surface area contributed by atoms with E-state index in [1.807, 2.05) is 21.0 Å². The molecule has 158 valence electrons. The van der Waals surface area contributed by atoms with Crippen LogP contribution < -0.4 is 5.32 Å². The van der Waals surface area contributed by atoms with Crippen LogP contribution in [0.2, 0.25) is 0 Å². The lowest BCUT2D eigenvalue weighted by Crippen LogP contribution is -2.39. The minimum absolute atomic E-state index is 0.0219. The molecular formula is C19H32N4O4S. The van der Waals surface area contributed by atoms with Crippen molar-refractivity contribution >= 4 is 21.4 Å². The minimum Gasteiger partial charge on any atom is -0.379 e. The van der Waals surface area contributed by atoms with Crippen molar-refractivity contribution in [1.82, 2.24) is 9.21 Å². The molecule has 1 heterocycles. The van der Waals surface area contributed by atoms with E-state index < -0.39 is 14.9 Å². The van der Waals surface area contributed by atoms with Crippen LogP contribution in [0.1, 0.15) is 33.6 Å². The molecule has 0 aliphatic carbocycles. The van der Waals surface area contributed by atoms with Gasteiger partial charge in [0.05, 0.1) is 9.82 Å². The lowest BCUT2D eigenvalue weighted by Gasteiger charge is -2.30. The van der Waals surface area contributed by atoms with Gasteiger partial charge in [-0.05, 0) is 50.4 Å². The maximum atomic E-state index is 12.9. The van der Waals surface area contributed by atoms with Crippen LogP contribution in [0.15, 0.2) is 23.1 Å². The van der Waals surface area contributed by atoms with Crippen molar-refractivity contribution in [3.8, 4) is 0 Å². The first-order valence-electron chi connectivity index (χ1n) is 9.59. The third-order valence-corrected chi connectivity index (χ3v) is 6.79. The zero-order valence-corrected chi connectivity index (χ0v) is 18.3. The number of sulfonamides is 1. The van der Waals surface area contributed by atoms with Gasteiger partial charge in [0.1, 0.15) is 5.69 Å². The van der Waals surface area contributed by atoms with Gasteiger partial charge >= 0.3 is 0 Å². The van der Waals surface area contributed by atoms with E-state index in [4.69, 9.17) is 0 Å². The standard InChI is InChI=1S/C19H32N4O4S/c1-15-7-6-10-22(12-15)28(26,27)16-8-9-17(18(11-16)23(24)25)20-13-19(2,3)14-21(4)5/h8-9,11,15,20H,6-7,10,12-14H2,1-5H3/t15-/m0/s1. The number of benzene rings is 1. The first kappa shape index (κ1) is 22.6. The summed E-state index contributed by atoms with van der Waals surface area (Å²) >= 11 is 0. The number of anilines is 1. The van der Waals surface area contributed by atoms with Crippen LogP contribution in [0.4, 0.5) is 11.4 Å². The topological polar surface area (TPSA) is 95.8 Å². The van der Waals surface area contributed by atoms with Crippen molar-refractivity contribution in [2.75, 3.05) is 45.6 Å². The second-order valence-corrected chi connectivity index (χ2v) is 10.7. The van der Waals surface area contributed by atoms with Gasteiger partial charge in [-0.15, -0.1) is 0 Å². The molecule has 0 unspecified atom stereocenters. The molecule has 8 nitrogen and oxygen atoms in total. The predicted molar refractivity (Wildman–Crippen MR) is 111 cm³/mol. The molecule has 1 aliphatic heterocycles. The summed E-state index contributed by atoms with van der Waals surface area (Å²) in [7, 11) is 0.222. The number of hydrogen-bond donors (Lipinski definition) is 1. The van der Waals surface area contributed by atoms with E-state index in [9.17, 15) is 18.5 Å². The average Bonchev–Trinajstić information content (AvgIpc) is 2.58. The van der Waals surface area contributed by atoms with E-state index in [-0.39, 0.29) is 16.0 Å². The van der Waals surface area contributed by atoms with Gasteiger partial charge in [0.2, 0.25) is 10.0 Å². The van der Waals surface area contributed by atoms with Crippen molar-refractivity contribution in [1.29, 1.82) is 0 Å². The largest absolute Gasteiger partial charge is 0.379 e. The fourth-order valence-corrected chi connectivity index (χ4v) is 5.35. The molecular weight excluding hydrogens is 380 g/mol. The highest BCUT2D eigenvalue weighted by molar-refractivity contribution is 7.89. The Morgan fingerprint density at radius 3 is 2.61 bits per heavy atom. The summed E-state index contributed by atoms with van der Waals surface area (Å²) in [5.74, 6) is 0.290. The van der Waals surface area contributed by atoms with E-state index in [1.165, 1.54) is 22.5 Å². The first-order chi connectivity index (χ1) is 12.9. The Labute approximate surface area is 168 Å².